The van der Waals surface area contributed by atoms with Gasteiger partial charge >= 0.3 is 0 Å². The highest BCUT2D eigenvalue weighted by atomic mass is 16.3. The molecule has 0 spiro atoms. The highest BCUT2D eigenvalue weighted by molar-refractivity contribution is 5.10. The summed E-state index contributed by atoms with van der Waals surface area (Å²) in [6.45, 7) is 8.61. The predicted molar refractivity (Wildman–Crippen MR) is 65.3 cm³/mol. The van der Waals surface area contributed by atoms with Crippen molar-refractivity contribution in [1.82, 2.24) is 15.1 Å². The van der Waals surface area contributed by atoms with Crippen molar-refractivity contribution in [3.05, 3.63) is 17.5 Å². The van der Waals surface area contributed by atoms with E-state index in [2.05, 4.69) is 30.3 Å². The molecule has 92 valence electrons. The summed E-state index contributed by atoms with van der Waals surface area (Å²) in [5.41, 5.74) is 2.37. The van der Waals surface area contributed by atoms with Crippen molar-refractivity contribution in [3.63, 3.8) is 0 Å². The Labute approximate surface area is 97.7 Å². The van der Waals surface area contributed by atoms with Crippen molar-refractivity contribution in [2.75, 3.05) is 6.54 Å². The molecule has 1 unspecified atom stereocenters. The van der Waals surface area contributed by atoms with Crippen molar-refractivity contribution in [1.29, 1.82) is 0 Å². The second-order valence-electron chi connectivity index (χ2n) is 4.11. The second kappa shape index (κ2) is 6.66. The molecule has 0 saturated heterocycles. The van der Waals surface area contributed by atoms with Crippen LogP contribution in [-0.2, 0) is 19.5 Å². The molecule has 4 heteroatoms. The van der Waals surface area contributed by atoms with E-state index in [-0.39, 0.29) is 6.10 Å². The lowest BCUT2D eigenvalue weighted by Crippen LogP contribution is -2.20. The summed E-state index contributed by atoms with van der Waals surface area (Å²) in [5.74, 6) is 0. The van der Waals surface area contributed by atoms with Crippen molar-refractivity contribution < 1.29 is 5.11 Å². The van der Waals surface area contributed by atoms with Gasteiger partial charge in [-0.05, 0) is 39.3 Å². The van der Waals surface area contributed by atoms with Gasteiger partial charge in [0.2, 0.25) is 0 Å². The molecule has 1 heterocycles. The molecule has 0 aliphatic carbocycles. The Morgan fingerprint density at radius 3 is 2.81 bits per heavy atom. The summed E-state index contributed by atoms with van der Waals surface area (Å²) in [6, 6.07) is 2.15. The minimum Gasteiger partial charge on any atom is -0.393 e. The number of aryl methyl sites for hydroxylation is 2. The molecule has 0 aliphatic heterocycles. The van der Waals surface area contributed by atoms with Crippen LogP contribution in [0.1, 0.15) is 38.6 Å². The highest BCUT2D eigenvalue weighted by Crippen LogP contribution is 2.05. The van der Waals surface area contributed by atoms with E-state index in [1.807, 2.05) is 11.6 Å². The summed E-state index contributed by atoms with van der Waals surface area (Å²) in [5, 5.41) is 16.9. The fourth-order valence-electron chi connectivity index (χ4n) is 1.63. The molecule has 0 radical (unpaired) electrons. The predicted octanol–water partition coefficient (Wildman–Crippen LogP) is 1.33. The maximum atomic E-state index is 9.13. The van der Waals surface area contributed by atoms with E-state index in [9.17, 15) is 0 Å². The third kappa shape index (κ3) is 3.94. The first kappa shape index (κ1) is 13.2. The number of hydrogen-bond donors (Lipinski definition) is 2. The van der Waals surface area contributed by atoms with Gasteiger partial charge in [0.15, 0.2) is 0 Å². The summed E-state index contributed by atoms with van der Waals surface area (Å²) in [7, 11) is 0. The standard InChI is InChI=1S/C12H23N3O/c1-4-11-8-12(15(5-2)14-11)9-13-7-6-10(3)16/h8,10,13,16H,4-7,9H2,1-3H3. The van der Waals surface area contributed by atoms with Crippen molar-refractivity contribution in [3.8, 4) is 0 Å². The van der Waals surface area contributed by atoms with Gasteiger partial charge in [-0.1, -0.05) is 6.92 Å². The SMILES string of the molecule is CCc1cc(CNCCC(C)O)n(CC)n1. The first-order chi connectivity index (χ1) is 7.67. The Kier molecular flexibility index (Phi) is 5.49. The smallest absolute Gasteiger partial charge is 0.0625 e. The van der Waals surface area contributed by atoms with E-state index >= 15 is 0 Å². The van der Waals surface area contributed by atoms with Gasteiger partial charge in [0.1, 0.15) is 0 Å². The molecule has 1 aromatic rings. The van der Waals surface area contributed by atoms with E-state index in [1.165, 1.54) is 5.69 Å². The molecule has 0 aromatic carbocycles. The number of nitrogens with zero attached hydrogens (tertiary/aromatic N) is 2. The Hall–Kier alpha value is -0.870. The Bertz CT molecular complexity index is 307. The maximum absolute atomic E-state index is 9.13. The van der Waals surface area contributed by atoms with Gasteiger partial charge < -0.3 is 10.4 Å². The molecule has 0 aliphatic rings. The summed E-state index contributed by atoms with van der Waals surface area (Å²) >= 11 is 0. The molecule has 1 aromatic heterocycles. The van der Waals surface area contributed by atoms with Gasteiger partial charge in [-0.25, -0.2) is 0 Å². The Balaban J connectivity index is 2.43. The van der Waals surface area contributed by atoms with Gasteiger partial charge in [0.05, 0.1) is 17.5 Å². The van der Waals surface area contributed by atoms with E-state index < -0.39 is 0 Å². The zero-order valence-corrected chi connectivity index (χ0v) is 10.5. The molecule has 0 fully saturated rings. The average molecular weight is 225 g/mol. The largest absolute Gasteiger partial charge is 0.393 e. The first-order valence-corrected chi connectivity index (χ1v) is 6.11. The molecule has 0 saturated carbocycles. The Morgan fingerprint density at radius 1 is 1.50 bits per heavy atom. The summed E-state index contributed by atoms with van der Waals surface area (Å²) in [6.07, 6.45) is 1.55. The van der Waals surface area contributed by atoms with E-state index in [0.717, 1.165) is 38.2 Å². The minimum absolute atomic E-state index is 0.227. The lowest BCUT2D eigenvalue weighted by Gasteiger charge is -2.07. The monoisotopic (exact) mass is 225 g/mol. The molecule has 1 rings (SSSR count). The third-order valence-electron chi connectivity index (χ3n) is 2.62. The number of hydrogen-bond acceptors (Lipinski definition) is 3. The quantitative estimate of drug-likeness (QED) is 0.688. The molecule has 0 bridgehead atoms. The number of rotatable bonds is 7. The first-order valence-electron chi connectivity index (χ1n) is 6.11. The van der Waals surface area contributed by atoms with Gasteiger partial charge in [-0.3, -0.25) is 4.68 Å². The van der Waals surface area contributed by atoms with Gasteiger partial charge in [0, 0.05) is 13.1 Å². The second-order valence-corrected chi connectivity index (χ2v) is 4.11. The van der Waals surface area contributed by atoms with Crippen LogP contribution in [0, 0.1) is 0 Å². The van der Waals surface area contributed by atoms with Crippen molar-refractivity contribution in [2.24, 2.45) is 0 Å². The Morgan fingerprint density at radius 2 is 2.25 bits per heavy atom. The number of aliphatic hydroxyl groups excluding tert-OH is 1. The number of aromatic nitrogens is 2. The molecular formula is C12H23N3O. The molecule has 4 nitrogen and oxygen atoms in total. The van der Waals surface area contributed by atoms with Crippen LogP contribution in [0.3, 0.4) is 0 Å². The molecular weight excluding hydrogens is 202 g/mol. The number of nitrogens with one attached hydrogen (secondary N) is 1. The van der Waals surface area contributed by atoms with Crippen molar-refractivity contribution >= 4 is 0 Å². The average Bonchev–Trinajstić information content (AvgIpc) is 2.66. The summed E-state index contributed by atoms with van der Waals surface area (Å²) < 4.78 is 2.04. The van der Waals surface area contributed by atoms with E-state index in [0.29, 0.717) is 0 Å². The van der Waals surface area contributed by atoms with Gasteiger partial charge in [-0.15, -0.1) is 0 Å². The normalized spacial score (nSPS) is 13.0. The van der Waals surface area contributed by atoms with Crippen LogP contribution in [-0.4, -0.2) is 27.5 Å². The van der Waals surface area contributed by atoms with Gasteiger partial charge in [0.25, 0.3) is 0 Å². The van der Waals surface area contributed by atoms with Crippen molar-refractivity contribution in [2.45, 2.75) is 52.8 Å². The maximum Gasteiger partial charge on any atom is 0.0625 e. The van der Waals surface area contributed by atoms with Crippen LogP contribution in [0.25, 0.3) is 0 Å². The molecule has 2 N–H and O–H groups in total. The van der Waals surface area contributed by atoms with Crippen LogP contribution >= 0.6 is 0 Å². The number of aliphatic hydroxyl groups is 1. The fraction of sp³-hybridized carbons (Fsp3) is 0.750. The van der Waals surface area contributed by atoms with Crippen LogP contribution in [0.5, 0.6) is 0 Å². The van der Waals surface area contributed by atoms with Crippen LogP contribution in [0.2, 0.25) is 0 Å². The zero-order chi connectivity index (χ0) is 12.0. The van der Waals surface area contributed by atoms with Crippen LogP contribution < -0.4 is 5.32 Å². The van der Waals surface area contributed by atoms with Crippen LogP contribution in [0.4, 0.5) is 0 Å². The van der Waals surface area contributed by atoms with Gasteiger partial charge in [-0.2, -0.15) is 5.10 Å². The minimum atomic E-state index is -0.227. The fourth-order valence-corrected chi connectivity index (χ4v) is 1.63. The van der Waals surface area contributed by atoms with E-state index in [1.54, 1.807) is 0 Å². The van der Waals surface area contributed by atoms with E-state index in [4.69, 9.17) is 5.11 Å². The molecule has 0 amide bonds. The van der Waals surface area contributed by atoms with Crippen LogP contribution in [0.15, 0.2) is 6.07 Å². The zero-order valence-electron chi connectivity index (χ0n) is 10.5. The lowest BCUT2D eigenvalue weighted by atomic mass is 10.2. The lowest BCUT2D eigenvalue weighted by molar-refractivity contribution is 0.183. The highest BCUT2D eigenvalue weighted by Gasteiger charge is 2.04. The third-order valence-corrected chi connectivity index (χ3v) is 2.62. The summed E-state index contributed by atoms with van der Waals surface area (Å²) in [4.78, 5) is 0. The molecule has 1 atom stereocenters. The molecule has 16 heavy (non-hydrogen) atoms. The topological polar surface area (TPSA) is 50.1 Å².